The van der Waals surface area contributed by atoms with Crippen molar-refractivity contribution < 1.29 is 9.18 Å². The van der Waals surface area contributed by atoms with Gasteiger partial charge in [0.05, 0.1) is 0 Å². The van der Waals surface area contributed by atoms with Crippen molar-refractivity contribution in [1.29, 1.82) is 0 Å². The Bertz CT molecular complexity index is 794. The second-order valence-corrected chi connectivity index (χ2v) is 6.07. The molecule has 1 aliphatic rings. The standard InChI is InChI=1S/C20H22FN3O.2ClH/c21-19-13-16(3-6-18(19)15-8-11-23-12-9-15)20(25)24-17-4-1-14(2-5-17)7-10-22;;/h1-6,8,13,23H,7,9-12,22H2,(H,24,25);2*1H. The summed E-state index contributed by atoms with van der Waals surface area (Å²) in [5.74, 6) is -0.685. The van der Waals surface area contributed by atoms with Gasteiger partial charge in [0.1, 0.15) is 5.82 Å². The van der Waals surface area contributed by atoms with Crippen LogP contribution in [-0.4, -0.2) is 25.5 Å². The van der Waals surface area contributed by atoms with Gasteiger partial charge in [0, 0.05) is 23.4 Å². The first kappa shape index (κ1) is 23.1. The predicted molar refractivity (Wildman–Crippen MR) is 114 cm³/mol. The molecule has 27 heavy (non-hydrogen) atoms. The van der Waals surface area contributed by atoms with Crippen LogP contribution in [0.25, 0.3) is 5.57 Å². The van der Waals surface area contributed by atoms with Gasteiger partial charge < -0.3 is 16.4 Å². The topological polar surface area (TPSA) is 67.1 Å². The molecule has 146 valence electrons. The molecule has 3 rings (SSSR count). The van der Waals surface area contributed by atoms with Crippen molar-refractivity contribution in [1.82, 2.24) is 5.32 Å². The third kappa shape index (κ3) is 6.04. The average molecular weight is 412 g/mol. The van der Waals surface area contributed by atoms with Gasteiger partial charge in [0.25, 0.3) is 5.91 Å². The molecule has 1 aliphatic heterocycles. The molecule has 2 aromatic rings. The summed E-state index contributed by atoms with van der Waals surface area (Å²) in [5.41, 5.74) is 9.18. The quantitative estimate of drug-likeness (QED) is 0.700. The average Bonchev–Trinajstić information content (AvgIpc) is 2.64. The summed E-state index contributed by atoms with van der Waals surface area (Å²) in [4.78, 5) is 12.3. The lowest BCUT2D eigenvalue weighted by atomic mass is 9.98. The van der Waals surface area contributed by atoms with Crippen LogP contribution in [0, 0.1) is 5.82 Å². The molecule has 0 spiro atoms. The summed E-state index contributed by atoms with van der Waals surface area (Å²) in [6.45, 7) is 2.18. The molecule has 7 heteroatoms. The number of amides is 1. The van der Waals surface area contributed by atoms with Gasteiger partial charge in [-0.1, -0.05) is 24.3 Å². The smallest absolute Gasteiger partial charge is 0.255 e. The monoisotopic (exact) mass is 411 g/mol. The highest BCUT2D eigenvalue weighted by molar-refractivity contribution is 6.04. The largest absolute Gasteiger partial charge is 0.330 e. The van der Waals surface area contributed by atoms with Crippen LogP contribution in [0.1, 0.15) is 27.9 Å². The van der Waals surface area contributed by atoms with E-state index in [1.807, 2.05) is 30.3 Å². The molecule has 0 aliphatic carbocycles. The van der Waals surface area contributed by atoms with E-state index < -0.39 is 0 Å². The highest BCUT2D eigenvalue weighted by Crippen LogP contribution is 2.24. The molecule has 4 nitrogen and oxygen atoms in total. The molecule has 0 bridgehead atoms. The number of carbonyl (C=O) groups excluding carboxylic acids is 1. The van der Waals surface area contributed by atoms with Crippen molar-refractivity contribution in [3.05, 3.63) is 71.0 Å². The van der Waals surface area contributed by atoms with Gasteiger partial charge in [0.2, 0.25) is 0 Å². The number of nitrogens with two attached hydrogens (primary N) is 1. The predicted octanol–water partition coefficient (Wildman–Crippen LogP) is 3.80. The van der Waals surface area contributed by atoms with Crippen molar-refractivity contribution in [2.75, 3.05) is 25.0 Å². The van der Waals surface area contributed by atoms with Gasteiger partial charge >= 0.3 is 0 Å². The molecule has 1 heterocycles. The highest BCUT2D eigenvalue weighted by atomic mass is 35.5. The zero-order valence-electron chi connectivity index (χ0n) is 14.8. The fourth-order valence-corrected chi connectivity index (χ4v) is 2.91. The van der Waals surface area contributed by atoms with Crippen molar-refractivity contribution in [2.24, 2.45) is 5.73 Å². The Labute approximate surface area is 171 Å². The minimum absolute atomic E-state index is 0. The van der Waals surface area contributed by atoms with E-state index in [1.54, 1.807) is 12.1 Å². The summed E-state index contributed by atoms with van der Waals surface area (Å²) < 4.78 is 14.4. The SMILES string of the molecule is Cl.Cl.NCCc1ccc(NC(=O)c2ccc(C3=CCNCC3)c(F)c2)cc1. The lowest BCUT2D eigenvalue weighted by molar-refractivity contribution is 0.102. The van der Waals surface area contributed by atoms with Gasteiger partial charge in [-0.3, -0.25) is 4.79 Å². The van der Waals surface area contributed by atoms with E-state index in [2.05, 4.69) is 10.6 Å². The third-order valence-corrected chi connectivity index (χ3v) is 4.29. The number of carbonyl (C=O) groups is 1. The molecule has 0 unspecified atom stereocenters. The summed E-state index contributed by atoms with van der Waals surface area (Å²) >= 11 is 0. The van der Waals surface area contributed by atoms with Crippen LogP contribution < -0.4 is 16.4 Å². The number of anilines is 1. The molecule has 0 fully saturated rings. The van der Waals surface area contributed by atoms with Crippen molar-refractivity contribution in [3.63, 3.8) is 0 Å². The van der Waals surface area contributed by atoms with E-state index in [0.29, 0.717) is 23.4 Å². The van der Waals surface area contributed by atoms with Crippen LogP contribution in [-0.2, 0) is 6.42 Å². The van der Waals surface area contributed by atoms with E-state index in [-0.39, 0.29) is 36.5 Å². The fourth-order valence-electron chi connectivity index (χ4n) is 2.91. The van der Waals surface area contributed by atoms with Crippen molar-refractivity contribution in [2.45, 2.75) is 12.8 Å². The number of benzene rings is 2. The van der Waals surface area contributed by atoms with Gasteiger partial charge in [0.15, 0.2) is 0 Å². The van der Waals surface area contributed by atoms with Crippen LogP contribution >= 0.6 is 24.8 Å². The maximum absolute atomic E-state index is 14.4. The van der Waals surface area contributed by atoms with Crippen molar-refractivity contribution in [3.8, 4) is 0 Å². The Morgan fingerprint density at radius 2 is 1.89 bits per heavy atom. The highest BCUT2D eigenvalue weighted by Gasteiger charge is 2.14. The van der Waals surface area contributed by atoms with Crippen LogP contribution in [0.15, 0.2) is 48.5 Å². The minimum atomic E-state index is -0.362. The van der Waals surface area contributed by atoms with E-state index >= 15 is 0 Å². The second kappa shape index (κ2) is 11.0. The Morgan fingerprint density at radius 1 is 1.15 bits per heavy atom. The molecular formula is C20H24Cl2FN3O. The number of rotatable bonds is 5. The number of hydrogen-bond donors (Lipinski definition) is 3. The molecular weight excluding hydrogens is 388 g/mol. The van der Waals surface area contributed by atoms with E-state index in [4.69, 9.17) is 5.73 Å². The van der Waals surface area contributed by atoms with Gasteiger partial charge in [-0.2, -0.15) is 0 Å². The molecule has 1 amide bonds. The van der Waals surface area contributed by atoms with Crippen molar-refractivity contribution >= 4 is 42.0 Å². The first-order valence-electron chi connectivity index (χ1n) is 8.47. The van der Waals surface area contributed by atoms with Crippen LogP contribution in [0.3, 0.4) is 0 Å². The third-order valence-electron chi connectivity index (χ3n) is 4.29. The summed E-state index contributed by atoms with van der Waals surface area (Å²) in [6, 6.07) is 12.2. The zero-order valence-corrected chi connectivity index (χ0v) is 16.5. The summed E-state index contributed by atoms with van der Waals surface area (Å²) in [6.07, 6.45) is 3.58. The lowest BCUT2D eigenvalue weighted by Crippen LogP contribution is -2.20. The Hall–Kier alpha value is -1.92. The maximum atomic E-state index is 14.4. The Kier molecular flexibility index (Phi) is 9.46. The molecule has 2 aromatic carbocycles. The van der Waals surface area contributed by atoms with Crippen LogP contribution in [0.2, 0.25) is 0 Å². The van der Waals surface area contributed by atoms with Gasteiger partial charge in [-0.25, -0.2) is 4.39 Å². The fraction of sp³-hybridized carbons (Fsp3) is 0.250. The molecule has 4 N–H and O–H groups in total. The molecule has 0 radical (unpaired) electrons. The Balaban J connectivity index is 0.00000182. The lowest BCUT2D eigenvalue weighted by Gasteiger charge is -2.15. The molecule has 0 saturated heterocycles. The normalized spacial score (nSPS) is 13.0. The first-order valence-corrected chi connectivity index (χ1v) is 8.47. The maximum Gasteiger partial charge on any atom is 0.255 e. The molecule has 0 atom stereocenters. The number of hydrogen-bond acceptors (Lipinski definition) is 3. The summed E-state index contributed by atoms with van der Waals surface area (Å²) in [7, 11) is 0. The Morgan fingerprint density at radius 3 is 2.48 bits per heavy atom. The van der Waals surface area contributed by atoms with Gasteiger partial charge in [-0.05, 0) is 61.3 Å². The van der Waals surface area contributed by atoms with Crippen LogP contribution in [0.4, 0.5) is 10.1 Å². The summed E-state index contributed by atoms with van der Waals surface area (Å²) in [5, 5.41) is 6.00. The molecule has 0 saturated carbocycles. The van der Waals surface area contributed by atoms with E-state index in [0.717, 1.165) is 37.1 Å². The van der Waals surface area contributed by atoms with Crippen LogP contribution in [0.5, 0.6) is 0 Å². The van der Waals surface area contributed by atoms with Gasteiger partial charge in [-0.15, -0.1) is 24.8 Å². The molecule has 0 aromatic heterocycles. The number of nitrogens with one attached hydrogen (secondary N) is 2. The zero-order chi connectivity index (χ0) is 17.6. The number of halogens is 3. The van der Waals surface area contributed by atoms with E-state index in [1.165, 1.54) is 6.07 Å². The van der Waals surface area contributed by atoms with E-state index in [9.17, 15) is 9.18 Å². The minimum Gasteiger partial charge on any atom is -0.330 e. The first-order chi connectivity index (χ1) is 12.2. The second-order valence-electron chi connectivity index (χ2n) is 6.07.